The number of aliphatic hydroxyl groups is 1. The van der Waals surface area contributed by atoms with Crippen molar-refractivity contribution in [2.45, 2.75) is 31.4 Å². The fraction of sp³-hybridized carbons (Fsp3) is 0.500. The van der Waals surface area contributed by atoms with Crippen molar-refractivity contribution in [3.8, 4) is 0 Å². The summed E-state index contributed by atoms with van der Waals surface area (Å²) in [5.41, 5.74) is 1.18. The molecule has 1 aliphatic carbocycles. The smallest absolute Gasteiger partial charge is 0.0704 e. The first kappa shape index (κ1) is 11.1. The number of benzene rings is 1. The van der Waals surface area contributed by atoms with E-state index in [0.29, 0.717) is 12.6 Å². The lowest BCUT2D eigenvalue weighted by molar-refractivity contribution is 0.171. The van der Waals surface area contributed by atoms with E-state index in [0.717, 1.165) is 10.9 Å². The average Bonchev–Trinajstić information content (AvgIpc) is 3.02. The van der Waals surface area contributed by atoms with Crippen molar-refractivity contribution in [2.75, 3.05) is 6.54 Å². The molecule has 2 nitrogen and oxygen atoms in total. The van der Waals surface area contributed by atoms with E-state index < -0.39 is 0 Å². The van der Waals surface area contributed by atoms with Gasteiger partial charge in [-0.1, -0.05) is 28.1 Å². The summed E-state index contributed by atoms with van der Waals surface area (Å²) in [4.78, 5) is 0. The molecule has 3 heteroatoms. The topological polar surface area (TPSA) is 32.3 Å². The number of rotatable bonds is 5. The first-order valence-corrected chi connectivity index (χ1v) is 6.19. The minimum atomic E-state index is -0.272. The summed E-state index contributed by atoms with van der Waals surface area (Å²) in [6.07, 6.45) is 3.00. The van der Waals surface area contributed by atoms with Crippen molar-refractivity contribution in [3.63, 3.8) is 0 Å². The first-order chi connectivity index (χ1) is 7.24. The van der Waals surface area contributed by atoms with Crippen LogP contribution in [-0.4, -0.2) is 23.8 Å². The molecule has 0 aliphatic heterocycles. The van der Waals surface area contributed by atoms with Crippen LogP contribution < -0.4 is 5.32 Å². The Morgan fingerprint density at radius 2 is 2.00 bits per heavy atom. The maximum atomic E-state index is 9.77. The van der Waals surface area contributed by atoms with Crippen molar-refractivity contribution in [1.29, 1.82) is 0 Å². The zero-order chi connectivity index (χ0) is 10.7. The Morgan fingerprint density at radius 1 is 1.33 bits per heavy atom. The Labute approximate surface area is 98.8 Å². The molecule has 0 spiro atoms. The highest BCUT2D eigenvalue weighted by Crippen LogP contribution is 2.18. The second-order valence-electron chi connectivity index (χ2n) is 4.17. The summed E-state index contributed by atoms with van der Waals surface area (Å²) in [7, 11) is 0. The number of nitrogens with one attached hydrogen (secondary N) is 1. The van der Waals surface area contributed by atoms with E-state index in [1.807, 2.05) is 24.3 Å². The fourth-order valence-corrected chi connectivity index (χ4v) is 1.82. The molecule has 1 fully saturated rings. The van der Waals surface area contributed by atoms with Gasteiger partial charge in [0.25, 0.3) is 0 Å². The predicted molar refractivity (Wildman–Crippen MR) is 64.9 cm³/mol. The maximum absolute atomic E-state index is 9.77. The van der Waals surface area contributed by atoms with Crippen LogP contribution >= 0.6 is 15.9 Å². The summed E-state index contributed by atoms with van der Waals surface area (Å²) < 4.78 is 1.08. The molecule has 0 heterocycles. The lowest BCUT2D eigenvalue weighted by atomic mass is 10.1. The molecular formula is C12H16BrNO. The summed E-state index contributed by atoms with van der Waals surface area (Å²) >= 11 is 3.39. The zero-order valence-electron chi connectivity index (χ0n) is 8.62. The van der Waals surface area contributed by atoms with Gasteiger partial charge in [0.2, 0.25) is 0 Å². The van der Waals surface area contributed by atoms with Crippen molar-refractivity contribution in [1.82, 2.24) is 5.32 Å². The van der Waals surface area contributed by atoms with Crippen LogP contribution in [0.3, 0.4) is 0 Å². The average molecular weight is 270 g/mol. The van der Waals surface area contributed by atoms with Gasteiger partial charge in [0.15, 0.2) is 0 Å². The monoisotopic (exact) mass is 269 g/mol. The molecule has 0 radical (unpaired) electrons. The van der Waals surface area contributed by atoms with Crippen LogP contribution in [0.1, 0.15) is 18.4 Å². The summed E-state index contributed by atoms with van der Waals surface area (Å²) in [6, 6.07) is 8.78. The van der Waals surface area contributed by atoms with Crippen LogP contribution in [0.15, 0.2) is 28.7 Å². The Bertz CT molecular complexity index is 308. The molecular weight excluding hydrogens is 254 g/mol. The minimum Gasteiger partial charge on any atom is -0.391 e. The highest BCUT2D eigenvalue weighted by Gasteiger charge is 2.21. The summed E-state index contributed by atoms with van der Waals surface area (Å²) in [5.74, 6) is 0. The molecule has 0 amide bonds. The first-order valence-electron chi connectivity index (χ1n) is 5.40. The van der Waals surface area contributed by atoms with Gasteiger partial charge in [-0.3, -0.25) is 0 Å². The molecule has 2 N–H and O–H groups in total. The largest absolute Gasteiger partial charge is 0.391 e. The van der Waals surface area contributed by atoms with Gasteiger partial charge >= 0.3 is 0 Å². The Hall–Kier alpha value is -0.380. The number of hydrogen-bond acceptors (Lipinski definition) is 2. The lowest BCUT2D eigenvalue weighted by Gasteiger charge is -2.11. The van der Waals surface area contributed by atoms with Crippen LogP contribution in [0.4, 0.5) is 0 Å². The van der Waals surface area contributed by atoms with Gasteiger partial charge in [0.1, 0.15) is 0 Å². The second-order valence-corrected chi connectivity index (χ2v) is 5.08. The summed E-state index contributed by atoms with van der Waals surface area (Å²) in [6.45, 7) is 0.709. The van der Waals surface area contributed by atoms with Crippen molar-refractivity contribution in [2.24, 2.45) is 0 Å². The molecule has 1 aliphatic rings. The van der Waals surface area contributed by atoms with Crippen LogP contribution in [0.5, 0.6) is 0 Å². The van der Waals surface area contributed by atoms with E-state index in [4.69, 9.17) is 0 Å². The molecule has 1 aromatic carbocycles. The standard InChI is InChI=1S/C12H16BrNO/c13-10-3-1-9(2-4-10)7-12(15)8-14-11-5-6-11/h1-4,11-12,14-15H,5-8H2. The van der Waals surface area contributed by atoms with Gasteiger partial charge < -0.3 is 10.4 Å². The SMILES string of the molecule is OC(CNC1CC1)Cc1ccc(Br)cc1. The molecule has 1 unspecified atom stereocenters. The van der Waals surface area contributed by atoms with E-state index in [-0.39, 0.29) is 6.10 Å². The summed E-state index contributed by atoms with van der Waals surface area (Å²) in [5, 5.41) is 13.1. The van der Waals surface area contributed by atoms with Crippen molar-refractivity contribution >= 4 is 15.9 Å². The Kier molecular flexibility index (Phi) is 3.78. The van der Waals surface area contributed by atoms with Crippen LogP contribution in [0, 0.1) is 0 Å². The third-order valence-corrected chi connectivity index (χ3v) is 3.13. The molecule has 1 aromatic rings. The van der Waals surface area contributed by atoms with Gasteiger partial charge in [0.05, 0.1) is 6.10 Å². The van der Waals surface area contributed by atoms with Crippen LogP contribution in [0.25, 0.3) is 0 Å². The minimum absolute atomic E-state index is 0.272. The molecule has 1 atom stereocenters. The van der Waals surface area contributed by atoms with Gasteiger partial charge in [-0.25, -0.2) is 0 Å². The molecule has 0 saturated heterocycles. The molecule has 15 heavy (non-hydrogen) atoms. The van der Waals surface area contributed by atoms with Gasteiger partial charge in [-0.15, -0.1) is 0 Å². The Morgan fingerprint density at radius 3 is 2.60 bits per heavy atom. The second kappa shape index (κ2) is 5.10. The third-order valence-electron chi connectivity index (χ3n) is 2.60. The molecule has 2 rings (SSSR count). The van der Waals surface area contributed by atoms with E-state index >= 15 is 0 Å². The lowest BCUT2D eigenvalue weighted by Crippen LogP contribution is -2.29. The number of halogens is 1. The van der Waals surface area contributed by atoms with Gasteiger partial charge in [0, 0.05) is 17.1 Å². The molecule has 0 aromatic heterocycles. The van der Waals surface area contributed by atoms with Crippen molar-refractivity contribution in [3.05, 3.63) is 34.3 Å². The fourth-order valence-electron chi connectivity index (χ4n) is 1.55. The van der Waals surface area contributed by atoms with E-state index in [1.165, 1.54) is 18.4 Å². The van der Waals surface area contributed by atoms with Crippen LogP contribution in [0.2, 0.25) is 0 Å². The zero-order valence-corrected chi connectivity index (χ0v) is 10.2. The predicted octanol–water partition coefficient (Wildman–Crippen LogP) is 2.10. The number of aliphatic hydroxyl groups excluding tert-OH is 1. The van der Waals surface area contributed by atoms with Crippen molar-refractivity contribution < 1.29 is 5.11 Å². The van der Waals surface area contributed by atoms with Gasteiger partial charge in [-0.2, -0.15) is 0 Å². The highest BCUT2D eigenvalue weighted by molar-refractivity contribution is 9.10. The van der Waals surface area contributed by atoms with E-state index in [1.54, 1.807) is 0 Å². The van der Waals surface area contributed by atoms with Gasteiger partial charge in [-0.05, 0) is 37.0 Å². The molecule has 82 valence electrons. The normalized spacial score (nSPS) is 17.7. The highest BCUT2D eigenvalue weighted by atomic mass is 79.9. The molecule has 1 saturated carbocycles. The van der Waals surface area contributed by atoms with E-state index in [9.17, 15) is 5.11 Å². The molecule has 0 bridgehead atoms. The number of hydrogen-bond donors (Lipinski definition) is 2. The third kappa shape index (κ3) is 3.93. The van der Waals surface area contributed by atoms with Crippen LogP contribution in [-0.2, 0) is 6.42 Å². The quantitative estimate of drug-likeness (QED) is 0.858. The van der Waals surface area contributed by atoms with E-state index in [2.05, 4.69) is 21.2 Å². The maximum Gasteiger partial charge on any atom is 0.0704 e. The Balaban J connectivity index is 1.76.